The number of amides is 2. The number of rotatable bonds is 4. The lowest BCUT2D eigenvalue weighted by molar-refractivity contribution is 0.0656. The molecule has 1 aliphatic rings. The van der Waals surface area contributed by atoms with Gasteiger partial charge in [-0.05, 0) is 36.3 Å². The second-order valence-corrected chi connectivity index (χ2v) is 5.82. The Hall–Kier alpha value is -3.14. The number of H-pyrrole nitrogens is 1. The minimum absolute atomic E-state index is 0.212. The number of aromatic nitrogens is 1. The van der Waals surface area contributed by atoms with Gasteiger partial charge in [-0.25, -0.2) is 0 Å². The van der Waals surface area contributed by atoms with E-state index in [1.54, 1.807) is 30.3 Å². The summed E-state index contributed by atoms with van der Waals surface area (Å²) in [6, 6.07) is 15.0. The first-order chi connectivity index (χ1) is 11.7. The first-order valence-electron chi connectivity index (χ1n) is 7.88. The van der Waals surface area contributed by atoms with E-state index in [2.05, 4.69) is 11.6 Å². The summed E-state index contributed by atoms with van der Waals surface area (Å²) in [5.74, 6) is -0.425. The summed E-state index contributed by atoms with van der Waals surface area (Å²) >= 11 is 0. The number of aromatic amines is 1. The Morgan fingerprint density at radius 1 is 0.958 bits per heavy atom. The van der Waals surface area contributed by atoms with Gasteiger partial charge in [0.05, 0.1) is 11.1 Å². The monoisotopic (exact) mass is 316 g/mol. The molecule has 0 saturated carbocycles. The van der Waals surface area contributed by atoms with Gasteiger partial charge in [0.1, 0.15) is 0 Å². The lowest BCUT2D eigenvalue weighted by Crippen LogP contribution is -2.31. The predicted octanol–water partition coefficient (Wildman–Crippen LogP) is 3.65. The molecule has 0 saturated heterocycles. The van der Waals surface area contributed by atoms with Crippen LogP contribution in [-0.2, 0) is 6.42 Å². The number of imide groups is 1. The van der Waals surface area contributed by atoms with Crippen LogP contribution >= 0.6 is 0 Å². The molecule has 118 valence electrons. The Balaban J connectivity index is 1.64. The highest BCUT2D eigenvalue weighted by Crippen LogP contribution is 2.26. The standard InChI is InChI=1S/C20H16N2O2/c1-2-17-14(13-7-5-6-10-18(13)21-17)11-12-22-19(23)15-8-3-4-9-16(15)20(22)24/h2-10,21H,1,11-12H2. The highest BCUT2D eigenvalue weighted by Gasteiger charge is 2.34. The van der Waals surface area contributed by atoms with Crippen LogP contribution < -0.4 is 0 Å². The van der Waals surface area contributed by atoms with Crippen molar-refractivity contribution in [3.05, 3.63) is 77.5 Å². The van der Waals surface area contributed by atoms with E-state index in [9.17, 15) is 9.59 Å². The number of para-hydroxylation sites is 1. The molecule has 0 radical (unpaired) electrons. The number of hydrogen-bond acceptors (Lipinski definition) is 2. The van der Waals surface area contributed by atoms with Crippen LogP contribution in [0.5, 0.6) is 0 Å². The third-order valence-corrected chi connectivity index (χ3v) is 4.51. The van der Waals surface area contributed by atoms with E-state index < -0.39 is 0 Å². The van der Waals surface area contributed by atoms with Crippen molar-refractivity contribution in [2.45, 2.75) is 6.42 Å². The highest BCUT2D eigenvalue weighted by molar-refractivity contribution is 6.21. The average Bonchev–Trinajstić information content (AvgIpc) is 3.10. The fourth-order valence-electron chi connectivity index (χ4n) is 3.33. The maximum Gasteiger partial charge on any atom is 0.261 e. The molecule has 1 aromatic heterocycles. The topological polar surface area (TPSA) is 53.2 Å². The van der Waals surface area contributed by atoms with Crippen molar-refractivity contribution in [1.82, 2.24) is 9.88 Å². The van der Waals surface area contributed by atoms with Crippen LogP contribution in [0.4, 0.5) is 0 Å². The van der Waals surface area contributed by atoms with Gasteiger partial charge in [0.2, 0.25) is 0 Å². The maximum atomic E-state index is 12.5. The van der Waals surface area contributed by atoms with Crippen LogP contribution in [0, 0.1) is 0 Å². The van der Waals surface area contributed by atoms with Gasteiger partial charge in [-0.2, -0.15) is 0 Å². The summed E-state index contributed by atoms with van der Waals surface area (Å²) in [5, 5.41) is 1.10. The molecule has 4 heteroatoms. The second-order valence-electron chi connectivity index (χ2n) is 5.82. The van der Waals surface area contributed by atoms with Gasteiger partial charge in [-0.1, -0.05) is 36.9 Å². The molecule has 0 spiro atoms. The minimum atomic E-state index is -0.212. The van der Waals surface area contributed by atoms with Gasteiger partial charge in [0.15, 0.2) is 0 Å². The molecule has 4 rings (SSSR count). The van der Waals surface area contributed by atoms with Crippen LogP contribution in [0.3, 0.4) is 0 Å². The lowest BCUT2D eigenvalue weighted by atomic mass is 10.1. The van der Waals surface area contributed by atoms with Crippen molar-refractivity contribution in [3.63, 3.8) is 0 Å². The Bertz CT molecular complexity index is 949. The van der Waals surface area contributed by atoms with Gasteiger partial charge in [-0.3, -0.25) is 14.5 Å². The predicted molar refractivity (Wildman–Crippen MR) is 93.9 cm³/mol. The van der Waals surface area contributed by atoms with Gasteiger partial charge in [0, 0.05) is 23.1 Å². The first kappa shape index (κ1) is 14.5. The van der Waals surface area contributed by atoms with Gasteiger partial charge in [0.25, 0.3) is 11.8 Å². The van der Waals surface area contributed by atoms with Gasteiger partial charge >= 0.3 is 0 Å². The van der Waals surface area contributed by atoms with E-state index in [1.165, 1.54) is 4.90 Å². The quantitative estimate of drug-likeness (QED) is 0.747. The number of benzene rings is 2. The number of hydrogen-bond donors (Lipinski definition) is 1. The Morgan fingerprint density at radius 3 is 2.25 bits per heavy atom. The molecule has 2 amide bonds. The zero-order valence-corrected chi connectivity index (χ0v) is 13.1. The highest BCUT2D eigenvalue weighted by atomic mass is 16.2. The minimum Gasteiger partial charge on any atom is -0.355 e. The molecule has 3 aromatic rings. The van der Waals surface area contributed by atoms with E-state index in [0.717, 1.165) is 22.2 Å². The first-order valence-corrected chi connectivity index (χ1v) is 7.88. The smallest absolute Gasteiger partial charge is 0.261 e. The number of fused-ring (bicyclic) bond motifs is 2. The molecule has 2 heterocycles. The molecule has 24 heavy (non-hydrogen) atoms. The summed E-state index contributed by atoms with van der Waals surface area (Å²) in [5.41, 5.74) is 4.03. The summed E-state index contributed by atoms with van der Waals surface area (Å²) in [6.07, 6.45) is 2.37. The molecular formula is C20H16N2O2. The Labute approximate surface area is 139 Å². The molecule has 4 nitrogen and oxygen atoms in total. The number of carbonyl (C=O) groups is 2. The fourth-order valence-corrected chi connectivity index (χ4v) is 3.33. The van der Waals surface area contributed by atoms with Crippen LogP contribution in [0.1, 0.15) is 32.0 Å². The Kier molecular flexibility index (Phi) is 3.31. The lowest BCUT2D eigenvalue weighted by Gasteiger charge is -2.13. The molecule has 0 fully saturated rings. The van der Waals surface area contributed by atoms with E-state index in [-0.39, 0.29) is 11.8 Å². The van der Waals surface area contributed by atoms with Crippen LogP contribution in [-0.4, -0.2) is 28.2 Å². The van der Waals surface area contributed by atoms with Crippen LogP contribution in [0.25, 0.3) is 17.0 Å². The molecule has 0 unspecified atom stereocenters. The zero-order chi connectivity index (χ0) is 16.7. The van der Waals surface area contributed by atoms with E-state index in [0.29, 0.717) is 24.1 Å². The van der Waals surface area contributed by atoms with Crippen molar-refractivity contribution < 1.29 is 9.59 Å². The van der Waals surface area contributed by atoms with E-state index in [4.69, 9.17) is 0 Å². The number of nitrogens with zero attached hydrogens (tertiary/aromatic N) is 1. The van der Waals surface area contributed by atoms with Crippen molar-refractivity contribution in [1.29, 1.82) is 0 Å². The third-order valence-electron chi connectivity index (χ3n) is 4.51. The molecule has 1 N–H and O–H groups in total. The summed E-state index contributed by atoms with van der Waals surface area (Å²) in [4.78, 5) is 29.6. The second kappa shape index (κ2) is 5.49. The Morgan fingerprint density at radius 2 is 1.58 bits per heavy atom. The summed E-state index contributed by atoms with van der Waals surface area (Å²) in [7, 11) is 0. The third kappa shape index (κ3) is 2.07. The van der Waals surface area contributed by atoms with E-state index >= 15 is 0 Å². The molecule has 2 aromatic carbocycles. The summed E-state index contributed by atoms with van der Waals surface area (Å²) < 4.78 is 0. The summed E-state index contributed by atoms with van der Waals surface area (Å²) in [6.45, 7) is 4.21. The van der Waals surface area contributed by atoms with Crippen LogP contribution in [0.15, 0.2) is 55.1 Å². The molecular weight excluding hydrogens is 300 g/mol. The van der Waals surface area contributed by atoms with Gasteiger partial charge in [-0.15, -0.1) is 0 Å². The van der Waals surface area contributed by atoms with Crippen molar-refractivity contribution >= 4 is 28.8 Å². The maximum absolute atomic E-state index is 12.5. The number of carbonyl (C=O) groups excluding carboxylic acids is 2. The average molecular weight is 316 g/mol. The van der Waals surface area contributed by atoms with Crippen molar-refractivity contribution in [3.8, 4) is 0 Å². The van der Waals surface area contributed by atoms with Gasteiger partial charge < -0.3 is 4.98 Å². The molecule has 0 aliphatic carbocycles. The van der Waals surface area contributed by atoms with E-state index in [1.807, 2.05) is 24.3 Å². The van der Waals surface area contributed by atoms with Crippen LogP contribution in [0.2, 0.25) is 0 Å². The molecule has 1 aliphatic heterocycles. The van der Waals surface area contributed by atoms with Crippen molar-refractivity contribution in [2.24, 2.45) is 0 Å². The molecule has 0 bridgehead atoms. The number of nitrogens with one attached hydrogen (secondary N) is 1. The fraction of sp³-hybridized carbons (Fsp3) is 0.100. The largest absolute Gasteiger partial charge is 0.355 e. The molecule has 0 atom stereocenters. The van der Waals surface area contributed by atoms with Crippen molar-refractivity contribution in [2.75, 3.05) is 6.54 Å². The SMILES string of the molecule is C=Cc1[nH]c2ccccc2c1CCN1C(=O)c2ccccc2C1=O. The zero-order valence-electron chi connectivity index (χ0n) is 13.1. The normalized spacial score (nSPS) is 13.6.